The number of hydrogen-bond acceptors (Lipinski definition) is 7. The van der Waals surface area contributed by atoms with Gasteiger partial charge in [0, 0.05) is 31.6 Å². The van der Waals surface area contributed by atoms with Gasteiger partial charge in [-0.15, -0.1) is 10.2 Å². The third-order valence-corrected chi connectivity index (χ3v) is 5.54. The summed E-state index contributed by atoms with van der Waals surface area (Å²) in [5.74, 6) is 2.59. The molecule has 0 radical (unpaired) electrons. The Kier molecular flexibility index (Phi) is 4.34. The molecule has 28 heavy (non-hydrogen) atoms. The fraction of sp³-hybridized carbons (Fsp3) is 0.474. The van der Waals surface area contributed by atoms with Gasteiger partial charge in [-0.1, -0.05) is 0 Å². The summed E-state index contributed by atoms with van der Waals surface area (Å²) in [6.07, 6.45) is 7.50. The summed E-state index contributed by atoms with van der Waals surface area (Å²) < 4.78 is 3.10. The van der Waals surface area contributed by atoms with Crippen LogP contribution in [-0.4, -0.2) is 47.8 Å². The molecule has 4 heterocycles. The van der Waals surface area contributed by atoms with Gasteiger partial charge in [-0.05, 0) is 49.8 Å². The summed E-state index contributed by atoms with van der Waals surface area (Å²) in [7, 11) is 0. The van der Waals surface area contributed by atoms with E-state index >= 15 is 0 Å². The molecule has 9 nitrogen and oxygen atoms in total. The molecule has 0 bridgehead atoms. The van der Waals surface area contributed by atoms with E-state index in [0.717, 1.165) is 37.4 Å². The molecule has 1 saturated heterocycles. The normalized spacial score (nSPS) is 17.8. The van der Waals surface area contributed by atoms with Gasteiger partial charge in [0.2, 0.25) is 0 Å². The van der Waals surface area contributed by atoms with E-state index in [-0.39, 0.29) is 5.56 Å². The van der Waals surface area contributed by atoms with Gasteiger partial charge in [-0.2, -0.15) is 10.2 Å². The maximum absolute atomic E-state index is 12.2. The topological polar surface area (TPSA) is 94.6 Å². The lowest BCUT2D eigenvalue weighted by Crippen LogP contribution is -2.37. The van der Waals surface area contributed by atoms with Crippen molar-refractivity contribution in [1.29, 1.82) is 0 Å². The van der Waals surface area contributed by atoms with E-state index in [1.165, 1.54) is 25.2 Å². The molecule has 144 valence electrons. The molecule has 1 aliphatic carbocycles. The third-order valence-electron chi connectivity index (χ3n) is 5.54. The van der Waals surface area contributed by atoms with Crippen molar-refractivity contribution < 1.29 is 0 Å². The predicted molar refractivity (Wildman–Crippen MR) is 102 cm³/mol. The Balaban J connectivity index is 1.22. The van der Waals surface area contributed by atoms with Crippen LogP contribution in [0.1, 0.15) is 37.3 Å². The lowest BCUT2D eigenvalue weighted by Gasteiger charge is -2.32. The maximum atomic E-state index is 12.2. The van der Waals surface area contributed by atoms with E-state index in [9.17, 15) is 4.79 Å². The van der Waals surface area contributed by atoms with Crippen molar-refractivity contribution in [2.45, 2.75) is 38.1 Å². The number of anilines is 1. The lowest BCUT2D eigenvalue weighted by molar-refractivity contribution is 0.333. The maximum Gasteiger partial charge on any atom is 0.266 e. The Bertz CT molecular complexity index is 986. The van der Waals surface area contributed by atoms with Gasteiger partial charge in [-0.25, -0.2) is 14.3 Å². The smallest absolute Gasteiger partial charge is 0.266 e. The van der Waals surface area contributed by atoms with Crippen molar-refractivity contribution in [2.75, 3.05) is 18.0 Å². The Labute approximate surface area is 162 Å². The first-order valence-corrected chi connectivity index (χ1v) is 9.78. The first kappa shape index (κ1) is 17.0. The van der Waals surface area contributed by atoms with Crippen molar-refractivity contribution in [3.05, 3.63) is 53.0 Å². The van der Waals surface area contributed by atoms with Crippen molar-refractivity contribution in [3.8, 4) is 5.82 Å². The first-order valence-electron chi connectivity index (χ1n) is 9.78. The third kappa shape index (κ3) is 3.51. The number of aromatic nitrogens is 7. The van der Waals surface area contributed by atoms with Gasteiger partial charge in [0.05, 0.1) is 5.69 Å². The molecule has 0 unspecified atom stereocenters. The molecule has 3 aromatic heterocycles. The highest BCUT2D eigenvalue weighted by molar-refractivity contribution is 5.38. The van der Waals surface area contributed by atoms with Crippen LogP contribution in [0.25, 0.3) is 5.82 Å². The van der Waals surface area contributed by atoms with Crippen LogP contribution in [0, 0.1) is 5.92 Å². The number of rotatable bonds is 5. The molecule has 0 amide bonds. The number of hydrogen-bond donors (Lipinski definition) is 0. The van der Waals surface area contributed by atoms with Crippen molar-refractivity contribution in [3.63, 3.8) is 0 Å². The summed E-state index contributed by atoms with van der Waals surface area (Å²) in [6.45, 7) is 2.45. The molecule has 0 atom stereocenters. The predicted octanol–water partition coefficient (Wildman–Crippen LogP) is 1.41. The molecule has 5 rings (SSSR count). The average Bonchev–Trinajstić information content (AvgIpc) is 3.44. The zero-order valence-electron chi connectivity index (χ0n) is 15.6. The molecule has 0 N–H and O–H groups in total. The second-order valence-electron chi connectivity index (χ2n) is 7.57. The lowest BCUT2D eigenvalue weighted by atomic mass is 9.97. The van der Waals surface area contributed by atoms with Crippen LogP contribution in [0.2, 0.25) is 0 Å². The molecular weight excluding hydrogens is 356 g/mol. The first-order chi connectivity index (χ1) is 13.8. The van der Waals surface area contributed by atoms with Gasteiger partial charge in [0.15, 0.2) is 11.6 Å². The molecule has 3 aromatic rings. The minimum Gasteiger partial charge on any atom is -0.355 e. The monoisotopic (exact) mass is 378 g/mol. The summed E-state index contributed by atoms with van der Waals surface area (Å²) in [6, 6.07) is 7.41. The van der Waals surface area contributed by atoms with E-state index in [4.69, 9.17) is 0 Å². The highest BCUT2D eigenvalue weighted by Crippen LogP contribution is 2.38. The van der Waals surface area contributed by atoms with Crippen LogP contribution in [0.15, 0.2) is 41.7 Å². The summed E-state index contributed by atoms with van der Waals surface area (Å²) in [5.41, 5.74) is 1.03. The van der Waals surface area contributed by atoms with Crippen LogP contribution < -0.4 is 10.5 Å². The molecular formula is C19H22N8O. The van der Waals surface area contributed by atoms with Gasteiger partial charge < -0.3 is 4.90 Å². The highest BCUT2D eigenvalue weighted by Gasteiger charge is 2.26. The van der Waals surface area contributed by atoms with Crippen LogP contribution in [0.3, 0.4) is 0 Å². The highest BCUT2D eigenvalue weighted by atomic mass is 16.1. The van der Waals surface area contributed by atoms with Crippen molar-refractivity contribution >= 4 is 5.82 Å². The van der Waals surface area contributed by atoms with E-state index < -0.39 is 0 Å². The molecule has 0 aromatic carbocycles. The Hall–Kier alpha value is -3.10. The SMILES string of the molecule is O=c1ccc(-n2cncn2)nn1CC1CCN(c2ccc(C3CC3)nn2)CC1. The van der Waals surface area contributed by atoms with Gasteiger partial charge in [-0.3, -0.25) is 4.79 Å². The van der Waals surface area contributed by atoms with Crippen LogP contribution in [0.4, 0.5) is 5.82 Å². The Morgan fingerprint density at radius 2 is 1.79 bits per heavy atom. The zero-order valence-corrected chi connectivity index (χ0v) is 15.6. The molecule has 9 heteroatoms. The standard InChI is InChI=1S/C19H22N8O/c28-19-6-5-18(27-13-20-12-21-27)24-26(19)11-14-7-9-25(10-8-14)17-4-3-16(22-23-17)15-1-2-15/h3-6,12-15H,1-2,7-11H2. The quantitative estimate of drug-likeness (QED) is 0.662. The molecule has 1 aliphatic heterocycles. The minimum atomic E-state index is -0.0900. The Morgan fingerprint density at radius 3 is 2.46 bits per heavy atom. The van der Waals surface area contributed by atoms with E-state index in [1.54, 1.807) is 21.8 Å². The van der Waals surface area contributed by atoms with Crippen LogP contribution in [0.5, 0.6) is 0 Å². The summed E-state index contributed by atoms with van der Waals surface area (Å²) in [4.78, 5) is 18.4. The molecule has 2 aliphatic rings. The van der Waals surface area contributed by atoms with Crippen molar-refractivity contribution in [2.24, 2.45) is 5.92 Å². The van der Waals surface area contributed by atoms with E-state index in [0.29, 0.717) is 24.2 Å². The van der Waals surface area contributed by atoms with Gasteiger partial charge >= 0.3 is 0 Å². The van der Waals surface area contributed by atoms with Crippen molar-refractivity contribution in [1.82, 2.24) is 34.7 Å². The molecule has 1 saturated carbocycles. The Morgan fingerprint density at radius 1 is 0.964 bits per heavy atom. The summed E-state index contributed by atoms with van der Waals surface area (Å²) >= 11 is 0. The molecule has 0 spiro atoms. The number of nitrogens with zero attached hydrogens (tertiary/aromatic N) is 8. The second kappa shape index (κ2) is 7.14. The van der Waals surface area contributed by atoms with E-state index in [1.807, 2.05) is 0 Å². The number of piperidine rings is 1. The van der Waals surface area contributed by atoms with Crippen LogP contribution in [-0.2, 0) is 6.54 Å². The van der Waals surface area contributed by atoms with Crippen LogP contribution >= 0.6 is 0 Å². The largest absolute Gasteiger partial charge is 0.355 e. The fourth-order valence-electron chi connectivity index (χ4n) is 3.71. The fourth-order valence-corrected chi connectivity index (χ4v) is 3.71. The van der Waals surface area contributed by atoms with Gasteiger partial charge in [0.25, 0.3) is 5.56 Å². The average molecular weight is 378 g/mol. The molecule has 2 fully saturated rings. The van der Waals surface area contributed by atoms with E-state index in [2.05, 4.69) is 42.4 Å². The zero-order chi connectivity index (χ0) is 18.9. The van der Waals surface area contributed by atoms with Gasteiger partial charge in [0.1, 0.15) is 12.7 Å². The summed E-state index contributed by atoms with van der Waals surface area (Å²) in [5, 5.41) is 17.3. The minimum absolute atomic E-state index is 0.0900. The second-order valence-corrected chi connectivity index (χ2v) is 7.57.